The molecule has 1 rings (SSSR count). The second kappa shape index (κ2) is 7.28. The van der Waals surface area contributed by atoms with Gasteiger partial charge in [-0.25, -0.2) is 0 Å². The molecule has 1 heterocycles. The number of nitrogens with one attached hydrogen (secondary N) is 1. The lowest BCUT2D eigenvalue weighted by Gasteiger charge is -2.10. The molecule has 0 aromatic carbocycles. The number of aromatic nitrogens is 2. The molecule has 0 spiro atoms. The monoisotopic (exact) mass is 266 g/mol. The van der Waals surface area contributed by atoms with Crippen LogP contribution in [0.15, 0.2) is 0 Å². The summed E-state index contributed by atoms with van der Waals surface area (Å²) in [5.74, 6) is 0.126. The maximum Gasteiger partial charge on any atom is 0.220 e. The van der Waals surface area contributed by atoms with Gasteiger partial charge in [-0.15, -0.1) is 0 Å². The van der Waals surface area contributed by atoms with Gasteiger partial charge in [0.1, 0.15) is 0 Å². The first-order chi connectivity index (χ1) is 8.91. The van der Waals surface area contributed by atoms with Crippen LogP contribution in [0, 0.1) is 13.8 Å². The predicted octanol–water partition coefficient (Wildman–Crippen LogP) is 1.04. The third kappa shape index (κ3) is 5.03. The van der Waals surface area contributed by atoms with Crippen molar-refractivity contribution in [2.75, 3.05) is 27.2 Å². The van der Waals surface area contributed by atoms with Gasteiger partial charge in [0.15, 0.2) is 0 Å². The van der Waals surface area contributed by atoms with Crippen LogP contribution >= 0.6 is 0 Å². The first-order valence-electron chi connectivity index (χ1n) is 6.82. The average molecular weight is 266 g/mol. The van der Waals surface area contributed by atoms with Gasteiger partial charge in [-0.3, -0.25) is 9.48 Å². The van der Waals surface area contributed by atoms with E-state index in [9.17, 15) is 4.79 Å². The fraction of sp³-hybridized carbons (Fsp3) is 0.714. The van der Waals surface area contributed by atoms with Crippen LogP contribution < -0.4 is 5.32 Å². The maximum absolute atomic E-state index is 11.7. The molecular formula is C14H26N4O. The highest BCUT2D eigenvalue weighted by Crippen LogP contribution is 2.13. The summed E-state index contributed by atoms with van der Waals surface area (Å²) < 4.78 is 1.87. The number of nitrogens with zero attached hydrogens (tertiary/aromatic N) is 3. The largest absolute Gasteiger partial charge is 0.356 e. The van der Waals surface area contributed by atoms with Crippen LogP contribution in [-0.4, -0.2) is 47.8 Å². The summed E-state index contributed by atoms with van der Waals surface area (Å²) in [5, 5.41) is 7.32. The van der Waals surface area contributed by atoms with Gasteiger partial charge < -0.3 is 10.2 Å². The summed E-state index contributed by atoms with van der Waals surface area (Å²) in [4.78, 5) is 13.9. The zero-order valence-electron chi connectivity index (χ0n) is 12.8. The minimum atomic E-state index is 0.126. The van der Waals surface area contributed by atoms with Crippen LogP contribution in [-0.2, 0) is 18.3 Å². The highest BCUT2D eigenvalue weighted by atomic mass is 16.1. The quantitative estimate of drug-likeness (QED) is 0.750. The van der Waals surface area contributed by atoms with Crippen molar-refractivity contribution >= 4 is 5.91 Å². The molecule has 0 radical (unpaired) electrons. The SMILES string of the molecule is Cc1nn(C)c(C)c1CCC(=O)NCCCN(C)C. The normalized spacial score (nSPS) is 11.1. The summed E-state index contributed by atoms with van der Waals surface area (Å²) in [5.41, 5.74) is 3.38. The maximum atomic E-state index is 11.7. The second-order valence-corrected chi connectivity index (χ2v) is 5.28. The van der Waals surface area contributed by atoms with Crippen molar-refractivity contribution in [2.45, 2.75) is 33.1 Å². The summed E-state index contributed by atoms with van der Waals surface area (Å²) in [6, 6.07) is 0. The highest BCUT2D eigenvalue weighted by molar-refractivity contribution is 5.76. The van der Waals surface area contributed by atoms with Crippen molar-refractivity contribution in [3.63, 3.8) is 0 Å². The molecule has 0 unspecified atom stereocenters. The Labute approximate surface area is 116 Å². The Balaban J connectivity index is 2.30. The van der Waals surface area contributed by atoms with Gasteiger partial charge in [0.05, 0.1) is 5.69 Å². The molecule has 0 aliphatic rings. The molecule has 0 aliphatic heterocycles. The van der Waals surface area contributed by atoms with Crippen LogP contribution in [0.1, 0.15) is 29.8 Å². The number of carbonyl (C=O) groups is 1. The lowest BCUT2D eigenvalue weighted by Crippen LogP contribution is -2.27. The first kappa shape index (κ1) is 15.7. The number of aryl methyl sites for hydroxylation is 2. The Morgan fingerprint density at radius 2 is 2.05 bits per heavy atom. The molecule has 108 valence electrons. The molecule has 5 nitrogen and oxygen atoms in total. The molecule has 0 bridgehead atoms. The van der Waals surface area contributed by atoms with Crippen LogP contribution in [0.2, 0.25) is 0 Å². The van der Waals surface area contributed by atoms with Gasteiger partial charge in [-0.05, 0) is 52.9 Å². The Bertz CT molecular complexity index is 423. The van der Waals surface area contributed by atoms with E-state index in [1.165, 1.54) is 5.56 Å². The van der Waals surface area contributed by atoms with E-state index in [1.54, 1.807) is 0 Å². The van der Waals surface area contributed by atoms with Crippen LogP contribution in [0.4, 0.5) is 0 Å². The smallest absolute Gasteiger partial charge is 0.220 e. The minimum Gasteiger partial charge on any atom is -0.356 e. The zero-order chi connectivity index (χ0) is 14.4. The van der Waals surface area contributed by atoms with E-state index in [2.05, 4.69) is 15.3 Å². The third-order valence-electron chi connectivity index (χ3n) is 3.37. The molecule has 1 aromatic heterocycles. The van der Waals surface area contributed by atoms with Gasteiger partial charge in [0.2, 0.25) is 5.91 Å². The van der Waals surface area contributed by atoms with E-state index in [1.807, 2.05) is 39.7 Å². The average Bonchev–Trinajstić information content (AvgIpc) is 2.57. The second-order valence-electron chi connectivity index (χ2n) is 5.28. The number of hydrogen-bond acceptors (Lipinski definition) is 3. The Hall–Kier alpha value is -1.36. The van der Waals surface area contributed by atoms with Gasteiger partial charge in [-0.1, -0.05) is 0 Å². The first-order valence-corrected chi connectivity index (χ1v) is 6.82. The zero-order valence-corrected chi connectivity index (χ0v) is 12.8. The van der Waals surface area contributed by atoms with E-state index in [4.69, 9.17) is 0 Å². The molecular weight excluding hydrogens is 240 g/mol. The summed E-state index contributed by atoms with van der Waals surface area (Å²) in [6.45, 7) is 5.80. The summed E-state index contributed by atoms with van der Waals surface area (Å²) in [6.07, 6.45) is 2.30. The molecule has 0 saturated heterocycles. The lowest BCUT2D eigenvalue weighted by atomic mass is 10.1. The molecule has 1 amide bonds. The van der Waals surface area contributed by atoms with Crippen molar-refractivity contribution < 1.29 is 4.79 Å². The van der Waals surface area contributed by atoms with Crippen molar-refractivity contribution in [2.24, 2.45) is 7.05 Å². The lowest BCUT2D eigenvalue weighted by molar-refractivity contribution is -0.121. The van der Waals surface area contributed by atoms with Gasteiger partial charge >= 0.3 is 0 Å². The third-order valence-corrected chi connectivity index (χ3v) is 3.37. The summed E-state index contributed by atoms with van der Waals surface area (Å²) >= 11 is 0. The molecule has 0 saturated carbocycles. The van der Waals surface area contributed by atoms with Crippen molar-refractivity contribution in [3.05, 3.63) is 17.0 Å². The van der Waals surface area contributed by atoms with E-state index in [0.29, 0.717) is 6.42 Å². The molecule has 19 heavy (non-hydrogen) atoms. The van der Waals surface area contributed by atoms with Gasteiger partial charge in [-0.2, -0.15) is 5.10 Å². The van der Waals surface area contributed by atoms with Gasteiger partial charge in [0, 0.05) is 25.7 Å². The topological polar surface area (TPSA) is 50.2 Å². The van der Waals surface area contributed by atoms with E-state index >= 15 is 0 Å². The highest BCUT2D eigenvalue weighted by Gasteiger charge is 2.10. The predicted molar refractivity (Wildman–Crippen MR) is 77.2 cm³/mol. The molecule has 0 aliphatic carbocycles. The van der Waals surface area contributed by atoms with Gasteiger partial charge in [0.25, 0.3) is 0 Å². The number of amides is 1. The van der Waals surface area contributed by atoms with E-state index < -0.39 is 0 Å². The number of rotatable bonds is 7. The fourth-order valence-corrected chi connectivity index (χ4v) is 2.13. The Morgan fingerprint density at radius 1 is 1.37 bits per heavy atom. The Kier molecular flexibility index (Phi) is 6.02. The number of carbonyl (C=O) groups excluding carboxylic acids is 1. The van der Waals surface area contributed by atoms with Crippen LogP contribution in [0.5, 0.6) is 0 Å². The Morgan fingerprint density at radius 3 is 2.58 bits per heavy atom. The molecule has 1 N–H and O–H groups in total. The molecule has 1 aromatic rings. The van der Waals surface area contributed by atoms with Crippen LogP contribution in [0.25, 0.3) is 0 Å². The fourth-order valence-electron chi connectivity index (χ4n) is 2.13. The molecule has 5 heteroatoms. The minimum absolute atomic E-state index is 0.126. The van der Waals surface area contributed by atoms with E-state index in [0.717, 1.165) is 37.3 Å². The van der Waals surface area contributed by atoms with Crippen molar-refractivity contribution in [3.8, 4) is 0 Å². The molecule has 0 fully saturated rings. The van der Waals surface area contributed by atoms with Crippen molar-refractivity contribution in [1.82, 2.24) is 20.0 Å². The number of hydrogen-bond donors (Lipinski definition) is 1. The summed E-state index contributed by atoms with van der Waals surface area (Å²) in [7, 11) is 6.01. The molecule has 0 atom stereocenters. The van der Waals surface area contributed by atoms with Crippen molar-refractivity contribution in [1.29, 1.82) is 0 Å². The van der Waals surface area contributed by atoms with Crippen LogP contribution in [0.3, 0.4) is 0 Å². The van der Waals surface area contributed by atoms with E-state index in [-0.39, 0.29) is 5.91 Å². The standard InChI is InChI=1S/C14H26N4O/c1-11-13(12(2)18(5)16-11)7-8-14(19)15-9-6-10-17(3)4/h6-10H2,1-5H3,(H,15,19).